The minimum absolute atomic E-state index is 0.215. The Morgan fingerprint density at radius 1 is 1.20 bits per heavy atom. The Morgan fingerprint density at radius 3 is 2.73 bits per heavy atom. The van der Waals surface area contributed by atoms with Crippen LogP contribution in [0, 0.1) is 6.92 Å². The number of amides is 1. The summed E-state index contributed by atoms with van der Waals surface area (Å²) in [7, 11) is -3.72. The van der Waals surface area contributed by atoms with E-state index in [1.54, 1.807) is 53.8 Å². The summed E-state index contributed by atoms with van der Waals surface area (Å²) in [6.07, 6.45) is 7.94. The Kier molecular flexibility index (Phi) is 5.65. The first-order valence-electron chi connectivity index (χ1n) is 9.74. The molecule has 1 aliphatic heterocycles. The van der Waals surface area contributed by atoms with Crippen molar-refractivity contribution in [3.8, 4) is 5.82 Å². The van der Waals surface area contributed by atoms with E-state index in [1.165, 1.54) is 4.31 Å². The van der Waals surface area contributed by atoms with E-state index in [0.29, 0.717) is 25.2 Å². The quantitative estimate of drug-likeness (QED) is 0.652. The van der Waals surface area contributed by atoms with Crippen molar-refractivity contribution in [2.24, 2.45) is 0 Å². The monoisotopic (exact) mass is 425 g/mol. The predicted molar refractivity (Wildman–Crippen MR) is 111 cm³/mol. The van der Waals surface area contributed by atoms with Crippen LogP contribution in [0.15, 0.2) is 66.2 Å². The van der Waals surface area contributed by atoms with Crippen molar-refractivity contribution in [1.29, 1.82) is 0 Å². The van der Waals surface area contributed by atoms with Crippen molar-refractivity contribution in [3.63, 3.8) is 0 Å². The number of carbonyl (C=O) groups is 1. The van der Waals surface area contributed by atoms with E-state index < -0.39 is 16.1 Å². The van der Waals surface area contributed by atoms with Crippen LogP contribution in [0.5, 0.6) is 0 Å². The van der Waals surface area contributed by atoms with Crippen LogP contribution in [-0.2, 0) is 21.4 Å². The molecule has 0 bridgehead atoms. The SMILES string of the molecule is Cc1ccc(S(=O)(=O)N2CCC[C@H]2C(=O)NCc2ccnc(-n3ccnc3)c2)cc1. The second-order valence-electron chi connectivity index (χ2n) is 7.30. The normalized spacial score (nSPS) is 17.2. The van der Waals surface area contributed by atoms with Crippen LogP contribution in [0.1, 0.15) is 24.0 Å². The first kappa shape index (κ1) is 20.2. The van der Waals surface area contributed by atoms with E-state index in [9.17, 15) is 13.2 Å². The van der Waals surface area contributed by atoms with Crippen molar-refractivity contribution in [2.45, 2.75) is 37.2 Å². The second kappa shape index (κ2) is 8.37. The van der Waals surface area contributed by atoms with Crippen LogP contribution in [0.3, 0.4) is 0 Å². The van der Waals surface area contributed by atoms with Crippen LogP contribution < -0.4 is 5.32 Å². The number of rotatable bonds is 6. The molecule has 1 aliphatic rings. The molecule has 3 heterocycles. The lowest BCUT2D eigenvalue weighted by Crippen LogP contribution is -2.45. The molecular weight excluding hydrogens is 402 g/mol. The van der Waals surface area contributed by atoms with Gasteiger partial charge < -0.3 is 5.32 Å². The van der Waals surface area contributed by atoms with Crippen molar-refractivity contribution < 1.29 is 13.2 Å². The maximum absolute atomic E-state index is 13.0. The molecule has 0 spiro atoms. The van der Waals surface area contributed by atoms with E-state index in [-0.39, 0.29) is 17.3 Å². The van der Waals surface area contributed by atoms with E-state index in [1.807, 2.05) is 19.1 Å². The summed E-state index contributed by atoms with van der Waals surface area (Å²) in [6.45, 7) is 2.53. The molecule has 1 fully saturated rings. The Balaban J connectivity index is 1.45. The highest BCUT2D eigenvalue weighted by Gasteiger charge is 2.39. The van der Waals surface area contributed by atoms with Gasteiger partial charge in [-0.2, -0.15) is 4.31 Å². The smallest absolute Gasteiger partial charge is 0.243 e. The molecule has 1 aromatic carbocycles. The molecular formula is C21H23N5O3S. The molecule has 2 aromatic heterocycles. The summed E-state index contributed by atoms with van der Waals surface area (Å²) in [5, 5.41) is 2.88. The molecule has 1 amide bonds. The standard InChI is InChI=1S/C21H23N5O3S/c1-16-4-6-18(7-5-16)30(28,29)26-11-2-3-19(26)21(27)24-14-17-8-9-23-20(13-17)25-12-10-22-15-25/h4-10,12-13,15,19H,2-3,11,14H2,1H3,(H,24,27)/t19-/m0/s1. The van der Waals surface area contributed by atoms with Crippen LogP contribution in [0.4, 0.5) is 0 Å². The maximum atomic E-state index is 13.0. The second-order valence-corrected chi connectivity index (χ2v) is 9.19. The first-order chi connectivity index (χ1) is 14.4. The van der Waals surface area contributed by atoms with Gasteiger partial charge in [0.05, 0.1) is 4.90 Å². The summed E-state index contributed by atoms with van der Waals surface area (Å²) < 4.78 is 29.2. The van der Waals surface area contributed by atoms with Crippen molar-refractivity contribution in [2.75, 3.05) is 6.54 Å². The number of pyridine rings is 1. The van der Waals surface area contributed by atoms with Gasteiger partial charge in [-0.25, -0.2) is 18.4 Å². The lowest BCUT2D eigenvalue weighted by Gasteiger charge is -2.23. The Morgan fingerprint density at radius 2 is 2.00 bits per heavy atom. The Labute approximate surface area is 175 Å². The molecule has 30 heavy (non-hydrogen) atoms. The van der Waals surface area contributed by atoms with E-state index in [4.69, 9.17) is 0 Å². The van der Waals surface area contributed by atoms with Gasteiger partial charge in [-0.1, -0.05) is 17.7 Å². The fraction of sp³-hybridized carbons (Fsp3) is 0.286. The molecule has 1 atom stereocenters. The third kappa shape index (κ3) is 4.12. The lowest BCUT2D eigenvalue weighted by molar-refractivity contribution is -0.124. The van der Waals surface area contributed by atoms with E-state index in [0.717, 1.165) is 11.1 Å². The van der Waals surface area contributed by atoms with E-state index >= 15 is 0 Å². The van der Waals surface area contributed by atoms with Crippen LogP contribution in [0.2, 0.25) is 0 Å². The van der Waals surface area contributed by atoms with Gasteiger partial charge >= 0.3 is 0 Å². The molecule has 4 rings (SSSR count). The fourth-order valence-electron chi connectivity index (χ4n) is 3.55. The number of imidazole rings is 1. The Bertz CT molecular complexity index is 1130. The van der Waals surface area contributed by atoms with Gasteiger partial charge in [0.25, 0.3) is 0 Å². The number of hydrogen-bond donors (Lipinski definition) is 1. The zero-order valence-electron chi connectivity index (χ0n) is 16.6. The van der Waals surface area contributed by atoms with Gasteiger partial charge in [0.2, 0.25) is 15.9 Å². The van der Waals surface area contributed by atoms with Crippen LogP contribution in [-0.4, -0.2) is 45.8 Å². The number of carbonyl (C=O) groups excluding carboxylic acids is 1. The fourth-order valence-corrected chi connectivity index (χ4v) is 5.21. The van der Waals surface area contributed by atoms with Crippen molar-refractivity contribution in [1.82, 2.24) is 24.2 Å². The van der Waals surface area contributed by atoms with Crippen molar-refractivity contribution >= 4 is 15.9 Å². The number of sulfonamides is 1. The molecule has 9 heteroatoms. The van der Waals surface area contributed by atoms with Gasteiger partial charge in [0.1, 0.15) is 18.2 Å². The summed E-state index contributed by atoms with van der Waals surface area (Å²) >= 11 is 0. The molecule has 1 N–H and O–H groups in total. The number of aryl methyl sites for hydroxylation is 1. The van der Waals surface area contributed by atoms with Gasteiger partial charge in [-0.3, -0.25) is 9.36 Å². The third-order valence-corrected chi connectivity index (χ3v) is 7.10. The number of nitrogens with one attached hydrogen (secondary N) is 1. The molecule has 3 aromatic rings. The van der Waals surface area contributed by atoms with Crippen LogP contribution in [0.25, 0.3) is 5.82 Å². The molecule has 0 aliphatic carbocycles. The summed E-state index contributed by atoms with van der Waals surface area (Å²) in [5.74, 6) is 0.410. The van der Waals surface area contributed by atoms with Gasteiger partial charge in [-0.05, 0) is 49.6 Å². The molecule has 156 valence electrons. The van der Waals surface area contributed by atoms with E-state index in [2.05, 4.69) is 15.3 Å². The van der Waals surface area contributed by atoms with Gasteiger partial charge in [-0.15, -0.1) is 0 Å². The zero-order chi connectivity index (χ0) is 21.1. The van der Waals surface area contributed by atoms with Gasteiger partial charge in [0, 0.05) is 31.7 Å². The lowest BCUT2D eigenvalue weighted by atomic mass is 10.2. The van der Waals surface area contributed by atoms with Crippen molar-refractivity contribution in [3.05, 3.63) is 72.4 Å². The number of hydrogen-bond acceptors (Lipinski definition) is 5. The largest absolute Gasteiger partial charge is 0.351 e. The third-order valence-electron chi connectivity index (χ3n) is 5.18. The highest BCUT2D eigenvalue weighted by atomic mass is 32.2. The minimum Gasteiger partial charge on any atom is -0.351 e. The number of benzene rings is 1. The highest BCUT2D eigenvalue weighted by Crippen LogP contribution is 2.26. The molecule has 0 radical (unpaired) electrons. The molecule has 8 nitrogen and oxygen atoms in total. The zero-order valence-corrected chi connectivity index (χ0v) is 17.4. The first-order valence-corrected chi connectivity index (χ1v) is 11.2. The predicted octanol–water partition coefficient (Wildman–Crippen LogP) is 2.05. The topological polar surface area (TPSA) is 97.2 Å². The van der Waals surface area contributed by atoms with Crippen LogP contribution >= 0.6 is 0 Å². The summed E-state index contributed by atoms with van der Waals surface area (Å²) in [6, 6.07) is 9.68. The Hall–Kier alpha value is -3.04. The van der Waals surface area contributed by atoms with Gasteiger partial charge in [0.15, 0.2) is 0 Å². The molecule has 0 unspecified atom stereocenters. The average Bonchev–Trinajstić information content (AvgIpc) is 3.45. The number of aromatic nitrogens is 3. The molecule has 1 saturated heterocycles. The average molecular weight is 426 g/mol. The molecule has 0 saturated carbocycles. The summed E-state index contributed by atoms with van der Waals surface area (Å²) in [4.78, 5) is 21.3. The number of nitrogens with zero attached hydrogens (tertiary/aromatic N) is 4. The minimum atomic E-state index is -3.72. The summed E-state index contributed by atoms with van der Waals surface area (Å²) in [5.41, 5.74) is 1.85. The highest BCUT2D eigenvalue weighted by molar-refractivity contribution is 7.89. The maximum Gasteiger partial charge on any atom is 0.243 e.